The number of hydrogen-bond donors (Lipinski definition) is 1. The van der Waals surface area contributed by atoms with Crippen LogP contribution in [0.25, 0.3) is 0 Å². The first kappa shape index (κ1) is 23.7. The van der Waals surface area contributed by atoms with E-state index in [1.54, 1.807) is 31.2 Å². The number of ether oxygens (including phenoxy) is 1. The molecule has 2 aromatic heterocycles. The third-order valence-corrected chi connectivity index (χ3v) is 6.09. The Kier molecular flexibility index (Phi) is 8.23. The molecule has 0 aliphatic heterocycles. The number of thioether (sulfide) groups is 2. The lowest BCUT2D eigenvalue weighted by Gasteiger charge is -2.07. The highest BCUT2D eigenvalue weighted by Gasteiger charge is 2.13. The molecule has 0 atom stereocenters. The van der Waals surface area contributed by atoms with Gasteiger partial charge in [0, 0.05) is 24.1 Å². The summed E-state index contributed by atoms with van der Waals surface area (Å²) in [6.07, 6.45) is 0. The molecule has 9 nitrogen and oxygen atoms in total. The predicted octanol–water partition coefficient (Wildman–Crippen LogP) is 3.42. The Balaban J connectivity index is 1.51. The molecule has 3 aromatic rings. The van der Waals surface area contributed by atoms with Gasteiger partial charge in [0.05, 0.1) is 23.7 Å². The van der Waals surface area contributed by atoms with Crippen molar-refractivity contribution in [2.45, 2.75) is 36.8 Å². The van der Waals surface area contributed by atoms with Crippen molar-refractivity contribution >= 4 is 41.1 Å². The first-order valence-electron chi connectivity index (χ1n) is 9.89. The van der Waals surface area contributed by atoms with Crippen molar-refractivity contribution in [3.8, 4) is 0 Å². The molecule has 0 fully saturated rings. The summed E-state index contributed by atoms with van der Waals surface area (Å²) in [6.45, 7) is 5.95. The summed E-state index contributed by atoms with van der Waals surface area (Å²) in [5, 5.41) is 12.6. The normalized spacial score (nSPS) is 10.8. The van der Waals surface area contributed by atoms with Crippen LogP contribution in [-0.4, -0.2) is 49.0 Å². The molecule has 1 N–H and O–H groups in total. The molecular weight excluding hydrogens is 448 g/mol. The van der Waals surface area contributed by atoms with Crippen molar-refractivity contribution in [1.82, 2.24) is 24.7 Å². The Morgan fingerprint density at radius 2 is 1.75 bits per heavy atom. The van der Waals surface area contributed by atoms with Gasteiger partial charge >= 0.3 is 5.97 Å². The lowest BCUT2D eigenvalue weighted by Crippen LogP contribution is -2.14. The van der Waals surface area contributed by atoms with Crippen molar-refractivity contribution in [3.05, 3.63) is 53.1 Å². The van der Waals surface area contributed by atoms with E-state index in [1.807, 2.05) is 31.5 Å². The zero-order valence-electron chi connectivity index (χ0n) is 18.3. The van der Waals surface area contributed by atoms with Crippen molar-refractivity contribution in [2.75, 3.05) is 17.7 Å². The Hall–Kier alpha value is -2.92. The Morgan fingerprint density at radius 3 is 2.41 bits per heavy atom. The van der Waals surface area contributed by atoms with Gasteiger partial charge in [-0.05, 0) is 51.1 Å². The SMILES string of the molecule is CCOC(=O)c1ccc(NC(=O)CSc2nnc(CSc3nc(C)cc(C)n3)n2C)cc1. The van der Waals surface area contributed by atoms with Crippen LogP contribution >= 0.6 is 23.5 Å². The third kappa shape index (κ3) is 6.54. The molecule has 1 aromatic carbocycles. The fourth-order valence-electron chi connectivity index (χ4n) is 2.71. The second kappa shape index (κ2) is 11.1. The van der Waals surface area contributed by atoms with Crippen LogP contribution in [-0.2, 0) is 22.3 Å². The van der Waals surface area contributed by atoms with Gasteiger partial charge in [-0.1, -0.05) is 23.5 Å². The third-order valence-electron chi connectivity index (χ3n) is 4.23. The summed E-state index contributed by atoms with van der Waals surface area (Å²) >= 11 is 2.79. The van der Waals surface area contributed by atoms with E-state index in [9.17, 15) is 9.59 Å². The number of aromatic nitrogens is 5. The van der Waals surface area contributed by atoms with Gasteiger partial charge in [-0.25, -0.2) is 14.8 Å². The maximum atomic E-state index is 12.3. The van der Waals surface area contributed by atoms with Gasteiger partial charge in [0.2, 0.25) is 5.91 Å². The minimum absolute atomic E-state index is 0.179. The summed E-state index contributed by atoms with van der Waals surface area (Å²) in [5.41, 5.74) is 2.90. The molecule has 3 rings (SSSR count). The minimum atomic E-state index is -0.388. The van der Waals surface area contributed by atoms with Crippen LogP contribution < -0.4 is 5.32 Å². The highest BCUT2D eigenvalue weighted by Crippen LogP contribution is 2.22. The number of anilines is 1. The fourth-order valence-corrected chi connectivity index (χ4v) is 4.37. The monoisotopic (exact) mass is 472 g/mol. The standard InChI is InChI=1S/C21H24N6O3S2/c1-5-30-19(29)15-6-8-16(9-7-15)24-18(28)12-32-21-26-25-17(27(21)4)11-31-20-22-13(2)10-14(3)23-20/h6-10H,5,11-12H2,1-4H3,(H,24,28). The minimum Gasteiger partial charge on any atom is -0.462 e. The highest BCUT2D eigenvalue weighted by atomic mass is 32.2. The summed E-state index contributed by atoms with van der Waals surface area (Å²) in [5.74, 6) is 0.961. The number of amides is 1. The number of nitrogens with zero attached hydrogens (tertiary/aromatic N) is 5. The van der Waals surface area contributed by atoms with Gasteiger partial charge in [-0.2, -0.15) is 0 Å². The van der Waals surface area contributed by atoms with Crippen LogP contribution in [0.1, 0.15) is 34.5 Å². The number of hydrogen-bond acceptors (Lipinski definition) is 9. The highest BCUT2D eigenvalue weighted by molar-refractivity contribution is 7.99. The van der Waals surface area contributed by atoms with Gasteiger partial charge < -0.3 is 14.6 Å². The van der Waals surface area contributed by atoms with Gasteiger partial charge in [-0.3, -0.25) is 4.79 Å². The second-order valence-corrected chi connectivity index (χ2v) is 8.70. The summed E-state index contributed by atoms with van der Waals surface area (Å²) < 4.78 is 6.81. The average molecular weight is 473 g/mol. The van der Waals surface area contributed by atoms with E-state index in [0.29, 0.717) is 33.9 Å². The number of carbonyl (C=O) groups excluding carboxylic acids is 2. The number of esters is 1. The Bertz CT molecular complexity index is 1080. The number of carbonyl (C=O) groups is 2. The molecule has 0 radical (unpaired) electrons. The summed E-state index contributed by atoms with van der Waals surface area (Å²) in [7, 11) is 1.87. The molecule has 0 saturated carbocycles. The molecule has 0 bridgehead atoms. The molecule has 0 unspecified atom stereocenters. The number of nitrogens with one attached hydrogen (secondary N) is 1. The number of aryl methyl sites for hydroxylation is 2. The average Bonchev–Trinajstić information content (AvgIpc) is 3.10. The van der Waals surface area contributed by atoms with Crippen LogP contribution in [0.2, 0.25) is 0 Å². The van der Waals surface area contributed by atoms with Crippen molar-refractivity contribution in [3.63, 3.8) is 0 Å². The first-order chi connectivity index (χ1) is 15.4. The molecule has 0 aliphatic rings. The Morgan fingerprint density at radius 1 is 1.06 bits per heavy atom. The van der Waals surface area contributed by atoms with Crippen LogP contribution in [0, 0.1) is 13.8 Å². The maximum Gasteiger partial charge on any atom is 0.338 e. The van der Waals surface area contributed by atoms with Crippen LogP contribution in [0.15, 0.2) is 40.6 Å². The molecule has 168 valence electrons. The molecule has 32 heavy (non-hydrogen) atoms. The lowest BCUT2D eigenvalue weighted by atomic mass is 10.2. The molecule has 1 amide bonds. The van der Waals surface area contributed by atoms with Gasteiger partial charge in [0.15, 0.2) is 10.3 Å². The summed E-state index contributed by atoms with van der Waals surface area (Å²) in [6, 6.07) is 8.50. The maximum absolute atomic E-state index is 12.3. The van der Waals surface area contributed by atoms with Gasteiger partial charge in [0.1, 0.15) is 5.82 Å². The van der Waals surface area contributed by atoms with Crippen molar-refractivity contribution < 1.29 is 14.3 Å². The molecular formula is C21H24N6O3S2. The van der Waals surface area contributed by atoms with E-state index < -0.39 is 0 Å². The zero-order chi connectivity index (χ0) is 23.1. The lowest BCUT2D eigenvalue weighted by molar-refractivity contribution is -0.113. The fraction of sp³-hybridized carbons (Fsp3) is 0.333. The largest absolute Gasteiger partial charge is 0.462 e. The molecule has 0 spiro atoms. The molecule has 0 aliphatic carbocycles. The Labute approximate surface area is 194 Å². The van der Waals surface area contributed by atoms with E-state index in [0.717, 1.165) is 17.2 Å². The van der Waals surface area contributed by atoms with Gasteiger partial charge in [-0.15, -0.1) is 10.2 Å². The first-order valence-corrected chi connectivity index (χ1v) is 11.9. The molecule has 2 heterocycles. The number of rotatable bonds is 9. The van der Waals surface area contributed by atoms with Gasteiger partial charge in [0.25, 0.3) is 0 Å². The van der Waals surface area contributed by atoms with Crippen molar-refractivity contribution in [2.24, 2.45) is 7.05 Å². The van der Waals surface area contributed by atoms with E-state index in [-0.39, 0.29) is 17.6 Å². The smallest absolute Gasteiger partial charge is 0.338 e. The topological polar surface area (TPSA) is 112 Å². The van der Waals surface area contributed by atoms with E-state index in [4.69, 9.17) is 4.74 Å². The molecule has 11 heteroatoms. The quantitative estimate of drug-likeness (QED) is 0.284. The zero-order valence-corrected chi connectivity index (χ0v) is 19.9. The predicted molar refractivity (Wildman–Crippen MR) is 124 cm³/mol. The number of benzene rings is 1. The van der Waals surface area contributed by atoms with E-state index in [2.05, 4.69) is 25.5 Å². The summed E-state index contributed by atoms with van der Waals surface area (Å²) in [4.78, 5) is 32.8. The van der Waals surface area contributed by atoms with Crippen molar-refractivity contribution in [1.29, 1.82) is 0 Å². The van der Waals surface area contributed by atoms with Crippen LogP contribution in [0.4, 0.5) is 5.69 Å². The second-order valence-electron chi connectivity index (χ2n) is 6.81. The van der Waals surface area contributed by atoms with Crippen LogP contribution in [0.3, 0.4) is 0 Å². The van der Waals surface area contributed by atoms with E-state index in [1.165, 1.54) is 23.5 Å². The van der Waals surface area contributed by atoms with E-state index >= 15 is 0 Å². The van der Waals surface area contributed by atoms with Crippen LogP contribution in [0.5, 0.6) is 0 Å². The molecule has 0 saturated heterocycles.